The highest BCUT2D eigenvalue weighted by atomic mass is 35.5. The average molecular weight is 367 g/mol. The molecule has 0 radical (unpaired) electrons. The van der Waals surface area contributed by atoms with Crippen molar-refractivity contribution in [3.8, 4) is 11.3 Å². The molecule has 1 aliphatic carbocycles. The highest BCUT2D eigenvalue weighted by Gasteiger charge is 2.49. The van der Waals surface area contributed by atoms with Crippen LogP contribution in [0.25, 0.3) is 11.3 Å². The van der Waals surface area contributed by atoms with Gasteiger partial charge < -0.3 is 9.52 Å². The van der Waals surface area contributed by atoms with E-state index in [4.69, 9.17) is 27.6 Å². The molecule has 2 aliphatic rings. The molecule has 24 heavy (non-hydrogen) atoms. The lowest BCUT2D eigenvalue weighted by atomic mass is 9.97. The Hall–Kier alpha value is -1.07. The topological polar surface area (TPSA) is 49.5 Å². The predicted molar refractivity (Wildman–Crippen MR) is 94.2 cm³/mol. The van der Waals surface area contributed by atoms with E-state index in [1.165, 1.54) is 0 Å². The van der Waals surface area contributed by atoms with Crippen molar-refractivity contribution in [3.05, 3.63) is 40.3 Å². The normalized spacial score (nSPS) is 26.0. The minimum Gasteiger partial charge on any atom is -0.439 e. The Kier molecular flexibility index (Phi) is 4.12. The van der Waals surface area contributed by atoms with E-state index in [0.29, 0.717) is 34.2 Å². The molecule has 0 bridgehead atoms. The summed E-state index contributed by atoms with van der Waals surface area (Å²) in [5.74, 6) is 1.76. The van der Waals surface area contributed by atoms with Crippen LogP contribution in [0.15, 0.2) is 28.8 Å². The molecule has 128 valence electrons. The Balaban J connectivity index is 1.52. The van der Waals surface area contributed by atoms with Crippen molar-refractivity contribution in [3.63, 3.8) is 0 Å². The van der Waals surface area contributed by atoms with Gasteiger partial charge in [0.2, 0.25) is 5.89 Å². The van der Waals surface area contributed by atoms with Gasteiger partial charge in [-0.2, -0.15) is 0 Å². The van der Waals surface area contributed by atoms with Gasteiger partial charge in [0.15, 0.2) is 5.76 Å². The van der Waals surface area contributed by atoms with E-state index in [9.17, 15) is 5.11 Å². The molecule has 0 amide bonds. The van der Waals surface area contributed by atoms with Crippen LogP contribution in [0.5, 0.6) is 0 Å². The fourth-order valence-corrected chi connectivity index (χ4v) is 4.08. The van der Waals surface area contributed by atoms with E-state index in [1.807, 2.05) is 6.07 Å². The SMILES string of the molecule is CC(c1ncc(-c2ccc(Cl)cc2Cl)o1)N1CCC(O)(C2CC2)C1. The summed E-state index contributed by atoms with van der Waals surface area (Å²) in [6.07, 6.45) is 4.83. The van der Waals surface area contributed by atoms with E-state index in [0.717, 1.165) is 31.4 Å². The first-order valence-electron chi connectivity index (χ1n) is 8.34. The van der Waals surface area contributed by atoms with Crippen LogP contribution < -0.4 is 0 Å². The fraction of sp³-hybridized carbons (Fsp3) is 0.500. The molecule has 4 nitrogen and oxygen atoms in total. The Bertz CT molecular complexity index is 759. The summed E-state index contributed by atoms with van der Waals surface area (Å²) in [6.45, 7) is 3.63. The van der Waals surface area contributed by atoms with Crippen molar-refractivity contribution in [1.82, 2.24) is 9.88 Å². The lowest BCUT2D eigenvalue weighted by Crippen LogP contribution is -2.36. The van der Waals surface area contributed by atoms with Gasteiger partial charge in [0.25, 0.3) is 0 Å². The van der Waals surface area contributed by atoms with Crippen LogP contribution in [-0.4, -0.2) is 33.7 Å². The number of rotatable bonds is 4. The van der Waals surface area contributed by atoms with Crippen molar-refractivity contribution in [2.75, 3.05) is 13.1 Å². The molecule has 1 aromatic carbocycles. The van der Waals surface area contributed by atoms with E-state index in [-0.39, 0.29) is 6.04 Å². The van der Waals surface area contributed by atoms with Crippen molar-refractivity contribution >= 4 is 23.2 Å². The van der Waals surface area contributed by atoms with Crippen LogP contribution in [-0.2, 0) is 0 Å². The van der Waals surface area contributed by atoms with Crippen LogP contribution in [0.2, 0.25) is 10.0 Å². The quantitative estimate of drug-likeness (QED) is 0.861. The molecule has 2 fully saturated rings. The summed E-state index contributed by atoms with van der Waals surface area (Å²) >= 11 is 12.2. The van der Waals surface area contributed by atoms with Crippen molar-refractivity contribution in [1.29, 1.82) is 0 Å². The van der Waals surface area contributed by atoms with E-state index >= 15 is 0 Å². The number of nitrogens with zero attached hydrogens (tertiary/aromatic N) is 2. The van der Waals surface area contributed by atoms with Gasteiger partial charge in [-0.05, 0) is 50.3 Å². The molecule has 4 rings (SSSR count). The molecular weight excluding hydrogens is 347 g/mol. The van der Waals surface area contributed by atoms with Crippen LogP contribution in [0.4, 0.5) is 0 Å². The van der Waals surface area contributed by atoms with Gasteiger partial charge in [0, 0.05) is 23.7 Å². The average Bonchev–Trinajstić information content (AvgIpc) is 3.17. The molecule has 1 aliphatic heterocycles. The van der Waals surface area contributed by atoms with Gasteiger partial charge in [-0.25, -0.2) is 4.98 Å². The van der Waals surface area contributed by atoms with Crippen LogP contribution in [0, 0.1) is 5.92 Å². The number of hydrogen-bond donors (Lipinski definition) is 1. The summed E-state index contributed by atoms with van der Waals surface area (Å²) in [5, 5.41) is 11.9. The standard InChI is InChI=1S/C18H20Cl2N2O2/c1-11(22-7-6-18(23,10-22)12-2-3-12)17-21-9-16(24-17)14-5-4-13(19)8-15(14)20/h4-5,8-9,11-12,23H,2-3,6-7,10H2,1H3. The minimum atomic E-state index is -0.525. The van der Waals surface area contributed by atoms with E-state index < -0.39 is 5.60 Å². The molecule has 2 atom stereocenters. The highest BCUT2D eigenvalue weighted by Crippen LogP contribution is 2.46. The van der Waals surface area contributed by atoms with Crippen LogP contribution >= 0.6 is 23.2 Å². The first kappa shape index (κ1) is 16.4. The third-order valence-corrected chi connectivity index (χ3v) is 5.82. The van der Waals surface area contributed by atoms with Gasteiger partial charge >= 0.3 is 0 Å². The first-order chi connectivity index (χ1) is 11.5. The third-order valence-electron chi connectivity index (χ3n) is 5.27. The van der Waals surface area contributed by atoms with Crippen LogP contribution in [0.1, 0.15) is 38.1 Å². The number of oxazole rings is 1. The summed E-state index contributed by atoms with van der Waals surface area (Å²) in [7, 11) is 0. The zero-order valence-electron chi connectivity index (χ0n) is 13.5. The third kappa shape index (κ3) is 2.97. The number of β-amino-alcohol motifs (C(OH)–C–C–N with tert-alkyl or cyclic N) is 1. The van der Waals surface area contributed by atoms with Gasteiger partial charge in [0.05, 0.1) is 22.9 Å². The number of aromatic nitrogens is 1. The molecule has 1 N–H and O–H groups in total. The molecule has 1 saturated carbocycles. The summed E-state index contributed by atoms with van der Waals surface area (Å²) in [5.41, 5.74) is 0.256. The first-order valence-corrected chi connectivity index (χ1v) is 9.09. The van der Waals surface area contributed by atoms with Crippen molar-refractivity contribution < 1.29 is 9.52 Å². The molecule has 6 heteroatoms. The second-order valence-corrected chi connectivity index (χ2v) is 7.80. The number of aliphatic hydroxyl groups is 1. The number of benzene rings is 1. The van der Waals surface area contributed by atoms with E-state index in [2.05, 4.69) is 16.8 Å². The maximum atomic E-state index is 10.7. The Morgan fingerprint density at radius 2 is 2.17 bits per heavy atom. The number of hydrogen-bond acceptors (Lipinski definition) is 4. The lowest BCUT2D eigenvalue weighted by Gasteiger charge is -2.25. The number of likely N-dealkylation sites (tertiary alicyclic amines) is 1. The fourth-order valence-electron chi connectivity index (χ4n) is 3.58. The maximum Gasteiger partial charge on any atom is 0.211 e. The minimum absolute atomic E-state index is 0.0256. The number of halogens is 2. The largest absolute Gasteiger partial charge is 0.439 e. The summed E-state index contributed by atoms with van der Waals surface area (Å²) in [4.78, 5) is 6.67. The molecule has 2 aromatic rings. The lowest BCUT2D eigenvalue weighted by molar-refractivity contribution is 0.0218. The predicted octanol–water partition coefficient (Wildman–Crippen LogP) is 4.56. The second kappa shape index (κ2) is 6.03. The molecule has 1 saturated heterocycles. The zero-order valence-corrected chi connectivity index (χ0v) is 15.0. The Morgan fingerprint density at radius 3 is 2.88 bits per heavy atom. The molecule has 2 heterocycles. The molecule has 0 spiro atoms. The van der Waals surface area contributed by atoms with Gasteiger partial charge in [-0.15, -0.1) is 0 Å². The van der Waals surface area contributed by atoms with Crippen molar-refractivity contribution in [2.45, 2.75) is 37.8 Å². The molecular formula is C18H20Cl2N2O2. The smallest absolute Gasteiger partial charge is 0.211 e. The monoisotopic (exact) mass is 366 g/mol. The molecule has 1 aromatic heterocycles. The van der Waals surface area contributed by atoms with Gasteiger partial charge in [0.1, 0.15) is 0 Å². The highest BCUT2D eigenvalue weighted by molar-refractivity contribution is 6.36. The Labute approximate surface area is 151 Å². The summed E-state index contributed by atoms with van der Waals surface area (Å²) < 4.78 is 5.95. The second-order valence-electron chi connectivity index (χ2n) is 6.96. The summed E-state index contributed by atoms with van der Waals surface area (Å²) in [6, 6.07) is 5.34. The van der Waals surface area contributed by atoms with Crippen LogP contribution in [0.3, 0.4) is 0 Å². The van der Waals surface area contributed by atoms with Gasteiger partial charge in [-0.3, -0.25) is 4.90 Å². The maximum absolute atomic E-state index is 10.7. The van der Waals surface area contributed by atoms with E-state index in [1.54, 1.807) is 18.3 Å². The molecule has 2 unspecified atom stereocenters. The Morgan fingerprint density at radius 1 is 1.38 bits per heavy atom. The van der Waals surface area contributed by atoms with Crippen molar-refractivity contribution in [2.24, 2.45) is 5.92 Å². The zero-order chi connectivity index (χ0) is 16.9. The van der Waals surface area contributed by atoms with Gasteiger partial charge in [-0.1, -0.05) is 23.2 Å².